The van der Waals surface area contributed by atoms with E-state index in [-0.39, 0.29) is 76.4 Å². The van der Waals surface area contributed by atoms with Gasteiger partial charge in [0.1, 0.15) is 11.5 Å². The molecule has 0 fully saturated rings. The fourth-order valence-corrected chi connectivity index (χ4v) is 6.46. The van der Waals surface area contributed by atoms with Crippen molar-refractivity contribution in [1.82, 2.24) is 0 Å². The van der Waals surface area contributed by atoms with Gasteiger partial charge in [-0.3, -0.25) is 19.2 Å². The zero-order valence-electron chi connectivity index (χ0n) is 34.4. The molecule has 0 heterocycles. The number of anilines is 2. The first kappa shape index (κ1) is 50.1. The van der Waals surface area contributed by atoms with Crippen LogP contribution in [0.2, 0.25) is 0 Å². The Balaban J connectivity index is 0.000000400. The molecule has 0 radical (unpaired) electrons. The van der Waals surface area contributed by atoms with E-state index in [9.17, 15) is 39.0 Å². The number of hydrogen-bond acceptors (Lipinski definition) is 10. The maximum atomic E-state index is 11.5. The number of nitrogens with one attached hydrogen (secondary N) is 2. The summed E-state index contributed by atoms with van der Waals surface area (Å²) in [6.07, 6.45) is 5.84. The molecule has 13 heteroatoms. The van der Waals surface area contributed by atoms with E-state index in [1.165, 1.54) is 22.3 Å². The minimum absolute atomic E-state index is 0. The van der Waals surface area contributed by atoms with Gasteiger partial charge in [-0.1, -0.05) is 76.2 Å². The molecule has 308 valence electrons. The number of rotatable bonds is 22. The van der Waals surface area contributed by atoms with Crippen molar-refractivity contribution in [3.05, 3.63) is 95.1 Å². The first-order valence-electron chi connectivity index (χ1n) is 19.7. The van der Waals surface area contributed by atoms with E-state index >= 15 is 0 Å². The number of hydrogen-bond donors (Lipinski definition) is 2. The number of benzene rings is 4. The topological polar surface area (TPSA) is 191 Å². The molecule has 59 heavy (non-hydrogen) atoms. The number of aliphatic carboxylic acids is 2. The summed E-state index contributed by atoms with van der Waals surface area (Å²) in [7, 11) is 0. The standard InChI is InChI=1S/2C23H27NO5.Ca/c2*1-3-16-8-7-9-17(4-2)23(16)18-11-12-19(24-21(26)15-25)20(14-18)29-13-6-5-10-22(27)28;/h2*7-9,11-12,14-15H,3-6,10,13H2,1-2H3,(H,24,26)(H,27,28);/q;;+2/p-2. The first-order valence-corrected chi connectivity index (χ1v) is 19.7. The van der Waals surface area contributed by atoms with Crippen molar-refractivity contribution in [2.75, 3.05) is 23.8 Å². The summed E-state index contributed by atoms with van der Waals surface area (Å²) in [6, 6.07) is 23.4. The van der Waals surface area contributed by atoms with Crippen molar-refractivity contribution in [3.63, 3.8) is 0 Å². The second kappa shape index (κ2) is 26.9. The number of carboxylic acid groups (broad SMARTS) is 2. The summed E-state index contributed by atoms with van der Waals surface area (Å²) >= 11 is 0. The van der Waals surface area contributed by atoms with Gasteiger partial charge in [-0.15, -0.1) is 0 Å². The van der Waals surface area contributed by atoms with Crippen molar-refractivity contribution >= 4 is 85.4 Å². The van der Waals surface area contributed by atoms with E-state index in [0.29, 0.717) is 48.6 Å². The summed E-state index contributed by atoms with van der Waals surface area (Å²) in [6.45, 7) is 8.99. The molecule has 0 aliphatic rings. The van der Waals surface area contributed by atoms with Crippen molar-refractivity contribution in [2.45, 2.75) is 91.9 Å². The number of amides is 2. The summed E-state index contributed by atoms with van der Waals surface area (Å²) in [4.78, 5) is 65.6. The van der Waals surface area contributed by atoms with Gasteiger partial charge in [-0.25, -0.2) is 0 Å². The van der Waals surface area contributed by atoms with Crippen LogP contribution in [-0.2, 0) is 54.5 Å². The van der Waals surface area contributed by atoms with Gasteiger partial charge in [0.25, 0.3) is 11.8 Å². The molecule has 0 atom stereocenters. The molecule has 4 aromatic carbocycles. The van der Waals surface area contributed by atoms with Crippen LogP contribution in [0.4, 0.5) is 11.4 Å². The number of aldehydes is 2. The van der Waals surface area contributed by atoms with Gasteiger partial charge in [0, 0.05) is 11.9 Å². The quantitative estimate of drug-likeness (QED) is 0.0446. The minimum Gasteiger partial charge on any atom is -0.550 e. The fraction of sp³-hybridized carbons (Fsp3) is 0.348. The molecule has 0 aromatic heterocycles. The van der Waals surface area contributed by atoms with Crippen LogP contribution in [0.5, 0.6) is 11.5 Å². The predicted molar refractivity (Wildman–Crippen MR) is 225 cm³/mol. The molecular weight excluding hydrogens is 781 g/mol. The van der Waals surface area contributed by atoms with Gasteiger partial charge in [0.2, 0.25) is 12.6 Å². The zero-order chi connectivity index (χ0) is 42.5. The van der Waals surface area contributed by atoms with Crippen molar-refractivity contribution < 1.29 is 48.5 Å². The molecule has 0 aliphatic heterocycles. The summed E-state index contributed by atoms with van der Waals surface area (Å²) in [5, 5.41) is 26.1. The summed E-state index contributed by atoms with van der Waals surface area (Å²) in [5.74, 6) is -2.81. The molecule has 0 saturated carbocycles. The SMILES string of the molecule is CCc1cccc(CC)c1-c1ccc(NC(=O)C=O)c(OCCCCC(=O)[O-])c1.CCc1cccc(CC)c1-c1ccc(NC(=O)C=O)c(OCCCCC(=O)[O-])c1.[Ca+2]. The van der Waals surface area contributed by atoms with Gasteiger partial charge < -0.3 is 39.9 Å². The maximum Gasteiger partial charge on any atom is 2.00 e. The molecule has 0 spiro atoms. The Morgan fingerprint density at radius 2 is 0.881 bits per heavy atom. The normalized spacial score (nSPS) is 10.2. The molecular formula is C46H52CaN2O10. The largest absolute Gasteiger partial charge is 2.00 e. The average molecular weight is 833 g/mol. The Labute approximate surface area is 376 Å². The molecule has 4 aromatic rings. The van der Waals surface area contributed by atoms with Crippen LogP contribution in [0.3, 0.4) is 0 Å². The Kier molecular flexibility index (Phi) is 22.8. The number of carboxylic acids is 2. The van der Waals surface area contributed by atoms with Crippen LogP contribution in [0.15, 0.2) is 72.8 Å². The van der Waals surface area contributed by atoms with E-state index in [1.807, 2.05) is 24.3 Å². The first-order chi connectivity index (χ1) is 28.0. The predicted octanol–water partition coefficient (Wildman–Crippen LogP) is 5.45. The number of unbranched alkanes of at least 4 members (excludes halogenated alkanes) is 2. The average Bonchev–Trinajstić information content (AvgIpc) is 3.23. The zero-order valence-corrected chi connectivity index (χ0v) is 36.6. The molecule has 0 bridgehead atoms. The molecule has 4 rings (SSSR count). The number of aryl methyl sites for hydroxylation is 4. The van der Waals surface area contributed by atoms with E-state index < -0.39 is 23.8 Å². The van der Waals surface area contributed by atoms with Crippen LogP contribution >= 0.6 is 0 Å². The molecule has 2 amide bonds. The molecule has 0 aliphatic carbocycles. The molecule has 0 saturated heterocycles. The van der Waals surface area contributed by atoms with E-state index in [1.54, 1.807) is 12.1 Å². The third-order valence-electron chi connectivity index (χ3n) is 9.33. The van der Waals surface area contributed by atoms with Gasteiger partial charge in [-0.2, -0.15) is 0 Å². The van der Waals surface area contributed by atoms with Crippen LogP contribution in [-0.4, -0.2) is 87.3 Å². The third kappa shape index (κ3) is 15.9. The second-order valence-corrected chi connectivity index (χ2v) is 13.3. The smallest absolute Gasteiger partial charge is 0.550 e. The van der Waals surface area contributed by atoms with Crippen LogP contribution < -0.4 is 30.3 Å². The van der Waals surface area contributed by atoms with Gasteiger partial charge in [0.15, 0.2) is 0 Å². The van der Waals surface area contributed by atoms with E-state index in [4.69, 9.17) is 9.47 Å². The molecule has 0 unspecified atom stereocenters. The number of carbonyl (C=O) groups excluding carboxylic acids is 6. The second-order valence-electron chi connectivity index (χ2n) is 13.3. The summed E-state index contributed by atoms with van der Waals surface area (Å²) in [5.41, 5.74) is 9.89. The Morgan fingerprint density at radius 1 is 0.542 bits per heavy atom. The summed E-state index contributed by atoms with van der Waals surface area (Å²) < 4.78 is 11.7. The van der Waals surface area contributed by atoms with Crippen molar-refractivity contribution in [3.8, 4) is 33.8 Å². The van der Waals surface area contributed by atoms with Crippen LogP contribution in [0.25, 0.3) is 22.3 Å². The molecule has 2 N–H and O–H groups in total. The Morgan fingerprint density at radius 3 is 1.17 bits per heavy atom. The van der Waals surface area contributed by atoms with Gasteiger partial charge in [0.05, 0.1) is 24.6 Å². The van der Waals surface area contributed by atoms with E-state index in [0.717, 1.165) is 47.9 Å². The van der Waals surface area contributed by atoms with Gasteiger partial charge in [-0.05, 0) is 133 Å². The molecule has 12 nitrogen and oxygen atoms in total. The maximum absolute atomic E-state index is 11.5. The monoisotopic (exact) mass is 832 g/mol. The third-order valence-corrected chi connectivity index (χ3v) is 9.33. The minimum atomic E-state index is -1.09. The van der Waals surface area contributed by atoms with Crippen LogP contribution in [0.1, 0.15) is 88.5 Å². The Hall–Kier alpha value is -5.04. The fourth-order valence-electron chi connectivity index (χ4n) is 6.46. The van der Waals surface area contributed by atoms with Gasteiger partial charge >= 0.3 is 37.7 Å². The van der Waals surface area contributed by atoms with Crippen molar-refractivity contribution in [2.24, 2.45) is 0 Å². The Bertz CT molecular complexity index is 1860. The van der Waals surface area contributed by atoms with Crippen molar-refractivity contribution in [1.29, 1.82) is 0 Å². The van der Waals surface area contributed by atoms with E-state index in [2.05, 4.69) is 74.7 Å². The van der Waals surface area contributed by atoms with Crippen LogP contribution in [0, 0.1) is 0 Å². The number of carbonyl (C=O) groups is 6. The number of ether oxygens (including phenoxy) is 2.